The number of aliphatic imine (C=N–C) groups is 1. The molecule has 0 aromatic heterocycles. The number of hydrogen-bond donors (Lipinski definition) is 1. The molecule has 2 aliphatic rings. The third-order valence-corrected chi connectivity index (χ3v) is 3.51. The van der Waals surface area contributed by atoms with Gasteiger partial charge in [-0.3, -0.25) is 4.99 Å². The maximum Gasteiger partial charge on any atom is 0.156 e. The molecule has 68 valence electrons. The van der Waals surface area contributed by atoms with E-state index in [4.69, 9.17) is 0 Å². The van der Waals surface area contributed by atoms with Gasteiger partial charge in [0, 0.05) is 11.8 Å². The molecular weight excluding hydrogens is 168 g/mol. The smallest absolute Gasteiger partial charge is 0.156 e. The van der Waals surface area contributed by atoms with E-state index in [-0.39, 0.29) is 0 Å². The number of nitrogens with one attached hydrogen (secondary N) is 1. The average molecular weight is 184 g/mol. The van der Waals surface area contributed by atoms with Crippen LogP contribution in [0.2, 0.25) is 0 Å². The zero-order chi connectivity index (χ0) is 8.39. The molecule has 1 heterocycles. The number of rotatable bonds is 1. The first kappa shape index (κ1) is 8.42. The summed E-state index contributed by atoms with van der Waals surface area (Å²) in [7, 11) is 0. The molecule has 1 saturated carbocycles. The predicted molar refractivity (Wildman–Crippen MR) is 54.7 cm³/mol. The number of thioether (sulfide) groups is 1. The molecule has 3 heteroatoms. The molecule has 2 nitrogen and oxygen atoms in total. The first-order valence-corrected chi connectivity index (χ1v) is 5.77. The van der Waals surface area contributed by atoms with Gasteiger partial charge in [-0.1, -0.05) is 18.7 Å². The fraction of sp³-hybridized carbons (Fsp3) is 0.889. The molecule has 1 fully saturated rings. The van der Waals surface area contributed by atoms with Crippen LogP contribution in [0.3, 0.4) is 0 Å². The van der Waals surface area contributed by atoms with Crippen molar-refractivity contribution in [1.29, 1.82) is 0 Å². The molecule has 2 atom stereocenters. The minimum absolute atomic E-state index is 0.712. The van der Waals surface area contributed by atoms with Crippen molar-refractivity contribution in [2.45, 2.75) is 32.2 Å². The van der Waals surface area contributed by atoms with Gasteiger partial charge in [-0.25, -0.2) is 0 Å². The lowest BCUT2D eigenvalue weighted by Crippen LogP contribution is -2.29. The maximum absolute atomic E-state index is 4.39. The van der Waals surface area contributed by atoms with Gasteiger partial charge in [0.25, 0.3) is 0 Å². The molecule has 0 saturated heterocycles. The van der Waals surface area contributed by atoms with Crippen molar-refractivity contribution >= 4 is 16.9 Å². The Morgan fingerprint density at radius 2 is 2.42 bits per heavy atom. The Kier molecular flexibility index (Phi) is 2.59. The molecule has 0 radical (unpaired) electrons. The lowest BCUT2D eigenvalue weighted by atomic mass is 10.1. The summed E-state index contributed by atoms with van der Waals surface area (Å²) in [6.07, 6.45) is 4.05. The first-order valence-electron chi connectivity index (χ1n) is 4.78. The molecule has 0 amide bonds. The molecule has 1 N–H and O–H groups in total. The molecule has 0 aromatic carbocycles. The van der Waals surface area contributed by atoms with Gasteiger partial charge in [0.05, 0.1) is 6.54 Å². The van der Waals surface area contributed by atoms with E-state index in [1.807, 2.05) is 11.8 Å². The highest BCUT2D eigenvalue weighted by atomic mass is 32.2. The zero-order valence-electron chi connectivity index (χ0n) is 7.55. The summed E-state index contributed by atoms with van der Waals surface area (Å²) < 4.78 is 0. The molecule has 12 heavy (non-hydrogen) atoms. The fourth-order valence-corrected chi connectivity index (χ4v) is 2.74. The maximum atomic E-state index is 4.39. The molecule has 1 aliphatic heterocycles. The summed E-state index contributed by atoms with van der Waals surface area (Å²) in [6, 6.07) is 0.712. The van der Waals surface area contributed by atoms with Crippen molar-refractivity contribution in [3.8, 4) is 0 Å². The number of hydrogen-bond acceptors (Lipinski definition) is 3. The normalized spacial score (nSPS) is 35.2. The van der Waals surface area contributed by atoms with Crippen molar-refractivity contribution in [3.05, 3.63) is 0 Å². The van der Waals surface area contributed by atoms with Crippen LogP contribution in [0.1, 0.15) is 26.2 Å². The third-order valence-electron chi connectivity index (χ3n) is 2.61. The minimum Gasteiger partial charge on any atom is -0.362 e. The molecule has 2 rings (SSSR count). The van der Waals surface area contributed by atoms with Crippen LogP contribution in [0.5, 0.6) is 0 Å². The van der Waals surface area contributed by atoms with E-state index >= 15 is 0 Å². The van der Waals surface area contributed by atoms with Gasteiger partial charge in [-0.05, 0) is 25.2 Å². The standard InChI is InChI=1S/C9H16N2S/c1-7-2-3-8(6-7)11-9-10-4-5-12-9/h7-8H,2-6H2,1H3,(H,10,11). The van der Waals surface area contributed by atoms with Crippen LogP contribution in [0.15, 0.2) is 4.99 Å². The van der Waals surface area contributed by atoms with Crippen molar-refractivity contribution in [3.63, 3.8) is 0 Å². The van der Waals surface area contributed by atoms with Crippen LogP contribution < -0.4 is 5.32 Å². The fourth-order valence-electron chi connectivity index (χ4n) is 1.94. The van der Waals surface area contributed by atoms with E-state index in [1.165, 1.54) is 30.2 Å². The van der Waals surface area contributed by atoms with E-state index in [0.29, 0.717) is 6.04 Å². The minimum atomic E-state index is 0.712. The summed E-state index contributed by atoms with van der Waals surface area (Å²) in [5.74, 6) is 2.08. The first-order chi connectivity index (χ1) is 5.84. The summed E-state index contributed by atoms with van der Waals surface area (Å²) in [5.41, 5.74) is 0. The highest BCUT2D eigenvalue weighted by Crippen LogP contribution is 2.25. The summed E-state index contributed by atoms with van der Waals surface area (Å²) in [6.45, 7) is 3.35. The third kappa shape index (κ3) is 1.94. The SMILES string of the molecule is CC1CCC(NC2=NCCS2)C1. The van der Waals surface area contributed by atoms with Gasteiger partial charge in [-0.15, -0.1) is 0 Å². The second kappa shape index (κ2) is 3.69. The van der Waals surface area contributed by atoms with E-state index in [1.54, 1.807) is 0 Å². The lowest BCUT2D eigenvalue weighted by molar-refractivity contribution is 0.572. The van der Waals surface area contributed by atoms with Gasteiger partial charge in [-0.2, -0.15) is 0 Å². The Balaban J connectivity index is 1.79. The largest absolute Gasteiger partial charge is 0.362 e. The van der Waals surface area contributed by atoms with Crippen molar-refractivity contribution in [2.24, 2.45) is 10.9 Å². The Morgan fingerprint density at radius 3 is 3.00 bits per heavy atom. The van der Waals surface area contributed by atoms with Crippen LogP contribution in [0.25, 0.3) is 0 Å². The van der Waals surface area contributed by atoms with Crippen molar-refractivity contribution < 1.29 is 0 Å². The van der Waals surface area contributed by atoms with Gasteiger partial charge in [0.1, 0.15) is 0 Å². The van der Waals surface area contributed by atoms with Crippen LogP contribution >= 0.6 is 11.8 Å². The van der Waals surface area contributed by atoms with Gasteiger partial charge in [0.2, 0.25) is 0 Å². The van der Waals surface area contributed by atoms with Crippen molar-refractivity contribution in [1.82, 2.24) is 5.32 Å². The average Bonchev–Trinajstić information content (AvgIpc) is 2.63. The topological polar surface area (TPSA) is 24.4 Å². The number of nitrogens with zero attached hydrogens (tertiary/aromatic N) is 1. The molecule has 0 bridgehead atoms. The van der Waals surface area contributed by atoms with Gasteiger partial charge < -0.3 is 5.32 Å². The summed E-state index contributed by atoms with van der Waals surface area (Å²) >= 11 is 1.87. The molecule has 2 unspecified atom stereocenters. The van der Waals surface area contributed by atoms with E-state index in [0.717, 1.165) is 12.5 Å². The van der Waals surface area contributed by atoms with Gasteiger partial charge >= 0.3 is 0 Å². The van der Waals surface area contributed by atoms with Crippen LogP contribution in [0, 0.1) is 5.92 Å². The zero-order valence-corrected chi connectivity index (χ0v) is 8.36. The monoisotopic (exact) mass is 184 g/mol. The highest BCUT2D eigenvalue weighted by molar-refractivity contribution is 8.14. The lowest BCUT2D eigenvalue weighted by Gasteiger charge is -2.12. The van der Waals surface area contributed by atoms with Crippen LogP contribution in [0.4, 0.5) is 0 Å². The Hall–Kier alpha value is -0.180. The molecule has 1 aliphatic carbocycles. The predicted octanol–water partition coefficient (Wildman–Crippen LogP) is 1.87. The highest BCUT2D eigenvalue weighted by Gasteiger charge is 2.22. The Morgan fingerprint density at radius 1 is 1.50 bits per heavy atom. The quantitative estimate of drug-likeness (QED) is 0.673. The Bertz CT molecular complexity index is 191. The van der Waals surface area contributed by atoms with E-state index < -0.39 is 0 Å². The number of amidine groups is 1. The summed E-state index contributed by atoms with van der Waals surface area (Å²) in [4.78, 5) is 4.39. The van der Waals surface area contributed by atoms with E-state index in [2.05, 4.69) is 17.2 Å². The molecular formula is C9H16N2S. The Labute approximate surface area is 78.2 Å². The second-order valence-corrected chi connectivity index (χ2v) is 4.88. The van der Waals surface area contributed by atoms with E-state index in [9.17, 15) is 0 Å². The van der Waals surface area contributed by atoms with Gasteiger partial charge in [0.15, 0.2) is 5.17 Å². The summed E-state index contributed by atoms with van der Waals surface area (Å²) in [5, 5.41) is 4.71. The second-order valence-electron chi connectivity index (χ2n) is 3.79. The molecule has 0 spiro atoms. The molecule has 0 aromatic rings. The van der Waals surface area contributed by atoms with Crippen LogP contribution in [-0.4, -0.2) is 23.5 Å². The van der Waals surface area contributed by atoms with Crippen LogP contribution in [-0.2, 0) is 0 Å². The van der Waals surface area contributed by atoms with Crippen molar-refractivity contribution in [2.75, 3.05) is 12.3 Å².